The lowest BCUT2D eigenvalue weighted by molar-refractivity contribution is -0.147. The first-order valence-electron chi connectivity index (χ1n) is 10.2. The number of carbonyl (C=O) groups is 4. The quantitative estimate of drug-likeness (QED) is 0.541. The summed E-state index contributed by atoms with van der Waals surface area (Å²) >= 11 is 0.751. The number of hydrogen-bond donors (Lipinski definition) is 1. The number of aliphatic carboxylic acids is 1. The lowest BCUT2D eigenvalue weighted by atomic mass is 10.1. The fourth-order valence-corrected chi connectivity index (χ4v) is 4.81. The molecule has 2 atom stereocenters. The number of fused-ring (bicyclic) bond motifs is 1. The maximum Gasteiger partial charge on any atom is 0.326 e. The number of amides is 1. The van der Waals surface area contributed by atoms with Gasteiger partial charge in [-0.15, -0.1) is 0 Å². The van der Waals surface area contributed by atoms with E-state index in [0.717, 1.165) is 17.1 Å². The predicted molar refractivity (Wildman–Crippen MR) is 120 cm³/mol. The molecule has 3 aromatic rings. The van der Waals surface area contributed by atoms with Crippen LogP contribution in [0, 0.1) is 0 Å². The van der Waals surface area contributed by atoms with E-state index in [0.29, 0.717) is 24.0 Å². The molecule has 164 valence electrons. The first-order chi connectivity index (χ1) is 15.4. The van der Waals surface area contributed by atoms with Crippen LogP contribution in [0.25, 0.3) is 11.0 Å². The van der Waals surface area contributed by atoms with Gasteiger partial charge in [0.25, 0.3) is 0 Å². The summed E-state index contributed by atoms with van der Waals surface area (Å²) in [5.41, 5.74) is 0.958. The Morgan fingerprint density at radius 2 is 1.78 bits per heavy atom. The largest absolute Gasteiger partial charge is 0.480 e. The third kappa shape index (κ3) is 4.60. The zero-order valence-electron chi connectivity index (χ0n) is 17.1. The molecule has 7 nitrogen and oxygen atoms in total. The number of carbonyl (C=O) groups excluding carboxylic acids is 3. The molecule has 0 radical (unpaired) electrons. The van der Waals surface area contributed by atoms with Crippen molar-refractivity contribution in [3.63, 3.8) is 0 Å². The van der Waals surface area contributed by atoms with Crippen molar-refractivity contribution in [3.05, 3.63) is 72.0 Å². The van der Waals surface area contributed by atoms with E-state index in [4.69, 9.17) is 4.42 Å². The summed E-state index contributed by atoms with van der Waals surface area (Å²) in [5, 5.41) is 8.82. The minimum Gasteiger partial charge on any atom is -0.480 e. The smallest absolute Gasteiger partial charge is 0.326 e. The lowest BCUT2D eigenvalue weighted by Gasteiger charge is -2.25. The van der Waals surface area contributed by atoms with Gasteiger partial charge in [-0.1, -0.05) is 60.3 Å². The lowest BCUT2D eigenvalue weighted by Crippen LogP contribution is -2.45. The van der Waals surface area contributed by atoms with E-state index in [1.54, 1.807) is 48.5 Å². The molecule has 32 heavy (non-hydrogen) atoms. The molecular weight excluding hydrogens is 430 g/mol. The molecule has 8 heteroatoms. The molecule has 2 heterocycles. The standard InChI is InChI=1S/C24H21NO6S/c26-18(20-13-16-9-4-5-11-19(16)31-20)14-21(32-24(30)15-7-2-1-3-8-15)22(27)25-12-6-10-17(25)23(28)29/h1-5,7-9,11,13,17,21H,6,10,12,14H2,(H,28,29)/t17-,21?/m0/s1. The van der Waals surface area contributed by atoms with Gasteiger partial charge in [0.15, 0.2) is 11.5 Å². The number of hydrogen-bond acceptors (Lipinski definition) is 6. The number of carboxylic acid groups (broad SMARTS) is 1. The number of thioether (sulfide) groups is 1. The topological polar surface area (TPSA) is 105 Å². The molecule has 2 aromatic carbocycles. The highest BCUT2D eigenvalue weighted by molar-refractivity contribution is 8.15. The van der Waals surface area contributed by atoms with Gasteiger partial charge in [-0.2, -0.15) is 0 Å². The molecule has 0 bridgehead atoms. The molecular formula is C24H21NO6S. The number of para-hydroxylation sites is 1. The van der Waals surface area contributed by atoms with Gasteiger partial charge < -0.3 is 14.4 Å². The van der Waals surface area contributed by atoms with Crippen LogP contribution in [0.3, 0.4) is 0 Å². The Bertz CT molecular complexity index is 1140. The monoisotopic (exact) mass is 451 g/mol. The van der Waals surface area contributed by atoms with Gasteiger partial charge in [0.2, 0.25) is 11.0 Å². The molecule has 1 fully saturated rings. The minimum absolute atomic E-state index is 0.105. The van der Waals surface area contributed by atoms with E-state index in [1.807, 2.05) is 12.1 Å². The van der Waals surface area contributed by atoms with Crippen LogP contribution in [0.15, 0.2) is 65.1 Å². The average Bonchev–Trinajstić information content (AvgIpc) is 3.46. The fraction of sp³-hybridized carbons (Fsp3) is 0.250. The molecule has 1 unspecified atom stereocenters. The maximum absolute atomic E-state index is 13.3. The Morgan fingerprint density at radius 3 is 2.50 bits per heavy atom. The molecule has 0 saturated carbocycles. The van der Waals surface area contributed by atoms with E-state index in [9.17, 15) is 24.3 Å². The second-order valence-corrected chi connectivity index (χ2v) is 8.74. The third-order valence-corrected chi connectivity index (χ3v) is 6.53. The molecule has 1 saturated heterocycles. The van der Waals surface area contributed by atoms with Crippen molar-refractivity contribution in [2.45, 2.75) is 30.6 Å². The van der Waals surface area contributed by atoms with Crippen molar-refractivity contribution in [1.29, 1.82) is 0 Å². The van der Waals surface area contributed by atoms with Crippen molar-refractivity contribution in [1.82, 2.24) is 4.90 Å². The van der Waals surface area contributed by atoms with E-state index in [2.05, 4.69) is 0 Å². The summed E-state index contributed by atoms with van der Waals surface area (Å²) in [6.07, 6.45) is 0.636. The number of carboxylic acids is 1. The summed E-state index contributed by atoms with van der Waals surface area (Å²) in [6.45, 7) is 0.283. The summed E-state index contributed by atoms with van der Waals surface area (Å²) < 4.78 is 5.62. The third-order valence-electron chi connectivity index (χ3n) is 5.43. The van der Waals surface area contributed by atoms with Crippen molar-refractivity contribution >= 4 is 45.5 Å². The van der Waals surface area contributed by atoms with Crippen LogP contribution in [0.5, 0.6) is 0 Å². The Hall–Kier alpha value is -3.39. The zero-order valence-corrected chi connectivity index (χ0v) is 17.9. The van der Waals surface area contributed by atoms with Crippen LogP contribution in [0.2, 0.25) is 0 Å². The summed E-state index contributed by atoms with van der Waals surface area (Å²) in [7, 11) is 0. The number of furan rings is 1. The number of likely N-dealkylation sites (tertiary alicyclic amines) is 1. The van der Waals surface area contributed by atoms with Crippen LogP contribution in [0.1, 0.15) is 40.2 Å². The van der Waals surface area contributed by atoms with Gasteiger partial charge in [0.1, 0.15) is 11.6 Å². The SMILES string of the molecule is O=C(SC(CC(=O)c1cc2ccccc2o1)C(=O)N1CCC[C@H]1C(=O)O)c1ccccc1. The Labute approximate surface area is 188 Å². The molecule has 0 aliphatic carbocycles. The van der Waals surface area contributed by atoms with Crippen molar-refractivity contribution < 1.29 is 28.7 Å². The highest BCUT2D eigenvalue weighted by atomic mass is 32.2. The number of Topliss-reactive ketones (excluding diaryl/α,β-unsaturated/α-hetero) is 1. The molecule has 1 aliphatic rings. The highest BCUT2D eigenvalue weighted by Crippen LogP contribution is 2.29. The number of rotatable bonds is 7. The van der Waals surface area contributed by atoms with E-state index in [-0.39, 0.29) is 23.8 Å². The molecule has 1 N–H and O–H groups in total. The van der Waals surface area contributed by atoms with Crippen LogP contribution in [-0.4, -0.2) is 50.6 Å². The van der Waals surface area contributed by atoms with E-state index in [1.165, 1.54) is 4.90 Å². The number of nitrogens with zero attached hydrogens (tertiary/aromatic N) is 1. The Morgan fingerprint density at radius 1 is 1.06 bits per heavy atom. The van der Waals surface area contributed by atoms with Crippen LogP contribution >= 0.6 is 11.8 Å². The Balaban J connectivity index is 1.58. The maximum atomic E-state index is 13.3. The van der Waals surface area contributed by atoms with Gasteiger partial charge >= 0.3 is 5.97 Å². The summed E-state index contributed by atoms with van der Waals surface area (Å²) in [5.74, 6) is -1.92. The Kier molecular flexibility index (Phi) is 6.41. The minimum atomic E-state index is -1.09. The fourth-order valence-electron chi connectivity index (χ4n) is 3.81. The van der Waals surface area contributed by atoms with Gasteiger partial charge in [0.05, 0.1) is 5.25 Å². The van der Waals surface area contributed by atoms with Gasteiger partial charge in [-0.3, -0.25) is 14.4 Å². The number of benzene rings is 2. The van der Waals surface area contributed by atoms with Crippen molar-refractivity contribution in [2.75, 3.05) is 6.54 Å². The highest BCUT2D eigenvalue weighted by Gasteiger charge is 2.39. The van der Waals surface area contributed by atoms with Crippen LogP contribution in [-0.2, 0) is 9.59 Å². The van der Waals surface area contributed by atoms with E-state index < -0.39 is 29.0 Å². The van der Waals surface area contributed by atoms with E-state index >= 15 is 0 Å². The molecule has 0 spiro atoms. The van der Waals surface area contributed by atoms with Crippen molar-refractivity contribution in [2.24, 2.45) is 0 Å². The molecule has 4 rings (SSSR count). The summed E-state index contributed by atoms with van der Waals surface area (Å²) in [6, 6.07) is 16.3. The molecule has 1 amide bonds. The second kappa shape index (κ2) is 9.40. The average molecular weight is 452 g/mol. The predicted octanol–water partition coefficient (Wildman–Crippen LogP) is 4.02. The molecule has 1 aromatic heterocycles. The molecule has 1 aliphatic heterocycles. The number of ketones is 1. The first kappa shape index (κ1) is 21.8. The van der Waals surface area contributed by atoms with Gasteiger partial charge in [-0.05, 0) is 25.0 Å². The normalized spacial score (nSPS) is 16.8. The van der Waals surface area contributed by atoms with Gasteiger partial charge in [0, 0.05) is 23.9 Å². The van der Waals surface area contributed by atoms with Gasteiger partial charge in [-0.25, -0.2) is 4.79 Å². The van der Waals surface area contributed by atoms with Crippen LogP contribution in [0.4, 0.5) is 0 Å². The summed E-state index contributed by atoms with van der Waals surface area (Å²) in [4.78, 5) is 51.9. The second-order valence-electron chi connectivity index (χ2n) is 7.56. The first-order valence-corrected chi connectivity index (χ1v) is 11.1. The zero-order chi connectivity index (χ0) is 22.7. The van der Waals surface area contributed by atoms with Crippen molar-refractivity contribution in [3.8, 4) is 0 Å². The van der Waals surface area contributed by atoms with Crippen LogP contribution < -0.4 is 0 Å².